The van der Waals surface area contributed by atoms with Gasteiger partial charge in [-0.25, -0.2) is 0 Å². The average molecular weight is 401 g/mol. The van der Waals surface area contributed by atoms with Crippen molar-refractivity contribution in [2.45, 2.75) is 25.4 Å². The van der Waals surface area contributed by atoms with Gasteiger partial charge < -0.3 is 10.2 Å². The number of rotatable bonds is 3. The fraction of sp³-hybridized carbons (Fsp3) is 0.286. The first-order valence-electron chi connectivity index (χ1n) is 9.28. The Morgan fingerprint density at radius 3 is 2.66 bits per heavy atom. The molecule has 0 radical (unpaired) electrons. The molecule has 2 aromatic carbocycles. The molecule has 150 valence electrons. The second-order valence-electron chi connectivity index (χ2n) is 7.05. The van der Waals surface area contributed by atoms with E-state index in [-0.39, 0.29) is 18.1 Å². The fourth-order valence-corrected chi connectivity index (χ4v) is 3.81. The molecule has 1 atom stereocenters. The molecule has 0 aromatic heterocycles. The maximum Gasteiger partial charge on any atom is 0.418 e. The van der Waals surface area contributed by atoms with Crippen molar-refractivity contribution in [3.63, 3.8) is 0 Å². The number of benzene rings is 2. The number of nitrogens with one attached hydrogen (secondary N) is 1. The van der Waals surface area contributed by atoms with Crippen LogP contribution in [0.4, 0.5) is 30.2 Å². The summed E-state index contributed by atoms with van der Waals surface area (Å²) in [6, 6.07) is 11.7. The van der Waals surface area contributed by atoms with Crippen molar-refractivity contribution in [3.8, 4) is 0 Å². The van der Waals surface area contributed by atoms with Gasteiger partial charge >= 0.3 is 6.18 Å². The summed E-state index contributed by atoms with van der Waals surface area (Å²) >= 11 is 0. The molecule has 2 aromatic rings. The largest absolute Gasteiger partial charge is 0.418 e. The molecular formula is C21H18F3N3O2. The number of hydrogen-bond donors (Lipinski definition) is 1. The SMILES string of the molecule is O=C(CN1C(=O)[C@H]2CCCC2=Nc2ccccc21)Nc1ccccc1C(F)(F)F. The normalized spacial score (nSPS) is 18.6. The van der Waals surface area contributed by atoms with Gasteiger partial charge in [0.05, 0.1) is 28.5 Å². The summed E-state index contributed by atoms with van der Waals surface area (Å²) in [5, 5.41) is 2.31. The van der Waals surface area contributed by atoms with E-state index in [0.717, 1.165) is 24.6 Å². The van der Waals surface area contributed by atoms with E-state index in [0.29, 0.717) is 17.8 Å². The standard InChI is InChI=1S/C21H18F3N3O2/c22-21(23,24)14-7-1-2-8-16(14)26-19(28)12-27-18-11-4-3-9-17(18)25-15-10-5-6-13(15)20(27)29/h1-4,7-9,11,13H,5-6,10,12H2,(H,26,28)/t13-/m0/s1. The van der Waals surface area contributed by atoms with Crippen LogP contribution in [0.3, 0.4) is 0 Å². The van der Waals surface area contributed by atoms with Gasteiger partial charge in [0.1, 0.15) is 6.54 Å². The lowest BCUT2D eigenvalue weighted by Crippen LogP contribution is -2.42. The minimum Gasteiger partial charge on any atom is -0.324 e. The van der Waals surface area contributed by atoms with Gasteiger partial charge in [-0.05, 0) is 43.5 Å². The predicted molar refractivity (Wildman–Crippen MR) is 103 cm³/mol. The van der Waals surface area contributed by atoms with Gasteiger partial charge in [0.25, 0.3) is 0 Å². The van der Waals surface area contributed by atoms with Crippen LogP contribution in [-0.2, 0) is 15.8 Å². The van der Waals surface area contributed by atoms with Crippen LogP contribution in [0.15, 0.2) is 53.5 Å². The van der Waals surface area contributed by atoms with Crippen LogP contribution in [0.2, 0.25) is 0 Å². The smallest absolute Gasteiger partial charge is 0.324 e. The first-order chi connectivity index (χ1) is 13.8. The van der Waals surface area contributed by atoms with Gasteiger partial charge in [0.15, 0.2) is 0 Å². The molecule has 0 saturated heterocycles. The van der Waals surface area contributed by atoms with Gasteiger partial charge in [-0.1, -0.05) is 24.3 Å². The van der Waals surface area contributed by atoms with Crippen LogP contribution < -0.4 is 10.2 Å². The molecule has 2 aliphatic rings. The van der Waals surface area contributed by atoms with Crippen molar-refractivity contribution >= 4 is 34.6 Å². The third-order valence-corrected chi connectivity index (χ3v) is 5.14. The van der Waals surface area contributed by atoms with Gasteiger partial charge in [-0.2, -0.15) is 13.2 Å². The monoisotopic (exact) mass is 401 g/mol. The van der Waals surface area contributed by atoms with Crippen molar-refractivity contribution in [2.75, 3.05) is 16.8 Å². The summed E-state index contributed by atoms with van der Waals surface area (Å²) in [6.45, 7) is -0.388. The van der Waals surface area contributed by atoms with E-state index < -0.39 is 23.6 Å². The van der Waals surface area contributed by atoms with E-state index >= 15 is 0 Å². The van der Waals surface area contributed by atoms with Crippen molar-refractivity contribution in [2.24, 2.45) is 10.9 Å². The molecule has 1 heterocycles. The molecule has 0 bridgehead atoms. The molecule has 8 heteroatoms. The number of carbonyl (C=O) groups excluding carboxylic acids is 2. The quantitative estimate of drug-likeness (QED) is 0.819. The molecule has 29 heavy (non-hydrogen) atoms. The lowest BCUT2D eigenvalue weighted by molar-refractivity contribution is -0.137. The van der Waals surface area contributed by atoms with Crippen LogP contribution in [0.25, 0.3) is 0 Å². The number of halogens is 3. The zero-order valence-electron chi connectivity index (χ0n) is 15.4. The Hall–Kier alpha value is -3.16. The summed E-state index contributed by atoms with van der Waals surface area (Å²) in [6.07, 6.45) is -2.37. The van der Waals surface area contributed by atoms with E-state index in [2.05, 4.69) is 10.3 Å². The molecule has 0 spiro atoms. The second-order valence-corrected chi connectivity index (χ2v) is 7.05. The highest BCUT2D eigenvalue weighted by atomic mass is 19.4. The zero-order valence-corrected chi connectivity index (χ0v) is 15.4. The van der Waals surface area contributed by atoms with E-state index in [4.69, 9.17) is 0 Å². The molecule has 5 nitrogen and oxygen atoms in total. The Kier molecular flexibility index (Phi) is 4.86. The van der Waals surface area contributed by atoms with E-state index in [9.17, 15) is 22.8 Å². The van der Waals surface area contributed by atoms with Gasteiger partial charge in [0, 0.05) is 5.71 Å². The number of amides is 2. The Bertz CT molecular complexity index is 1000. The summed E-state index contributed by atoms with van der Waals surface area (Å²) in [4.78, 5) is 31.6. The average Bonchev–Trinajstić information content (AvgIpc) is 3.10. The number of aliphatic imine (C=N–C) groups is 1. The first-order valence-corrected chi connectivity index (χ1v) is 9.28. The van der Waals surface area contributed by atoms with E-state index in [1.54, 1.807) is 24.3 Å². The van der Waals surface area contributed by atoms with Crippen molar-refractivity contribution in [1.82, 2.24) is 0 Å². The Labute approximate surface area is 165 Å². The summed E-state index contributed by atoms with van der Waals surface area (Å²) in [7, 11) is 0. The summed E-state index contributed by atoms with van der Waals surface area (Å²) in [5.74, 6) is -1.34. The minimum atomic E-state index is -4.60. The number of carbonyl (C=O) groups is 2. The van der Waals surface area contributed by atoms with Crippen LogP contribution >= 0.6 is 0 Å². The van der Waals surface area contributed by atoms with E-state index in [1.165, 1.54) is 23.1 Å². The van der Waals surface area contributed by atoms with Crippen LogP contribution in [-0.4, -0.2) is 24.1 Å². The van der Waals surface area contributed by atoms with Crippen molar-refractivity contribution in [3.05, 3.63) is 54.1 Å². The summed E-state index contributed by atoms with van der Waals surface area (Å²) in [5.41, 5.74) is 0.603. The number of alkyl halides is 3. The maximum absolute atomic E-state index is 13.2. The number of fused-ring (bicyclic) bond motifs is 2. The van der Waals surface area contributed by atoms with Crippen molar-refractivity contribution in [1.29, 1.82) is 0 Å². The number of nitrogens with zero attached hydrogens (tertiary/aromatic N) is 2. The maximum atomic E-state index is 13.2. The molecule has 4 rings (SSSR count). The lowest BCUT2D eigenvalue weighted by atomic mass is 10.1. The molecule has 1 saturated carbocycles. The highest BCUT2D eigenvalue weighted by molar-refractivity contribution is 6.16. The predicted octanol–water partition coefficient (Wildman–Crippen LogP) is 4.56. The lowest BCUT2D eigenvalue weighted by Gasteiger charge is -2.24. The fourth-order valence-electron chi connectivity index (χ4n) is 3.81. The molecule has 1 aliphatic carbocycles. The molecule has 2 amide bonds. The Morgan fingerprint density at radius 1 is 1.14 bits per heavy atom. The molecule has 1 aliphatic heterocycles. The molecule has 1 N–H and O–H groups in total. The summed E-state index contributed by atoms with van der Waals surface area (Å²) < 4.78 is 39.6. The van der Waals surface area contributed by atoms with Crippen LogP contribution in [0, 0.1) is 5.92 Å². The van der Waals surface area contributed by atoms with Gasteiger partial charge in [0.2, 0.25) is 11.8 Å². The minimum absolute atomic E-state index is 0.245. The Balaban J connectivity index is 1.61. The molecule has 1 fully saturated rings. The zero-order chi connectivity index (χ0) is 20.6. The number of para-hydroxylation sites is 3. The number of anilines is 2. The van der Waals surface area contributed by atoms with Crippen LogP contribution in [0.1, 0.15) is 24.8 Å². The third-order valence-electron chi connectivity index (χ3n) is 5.14. The van der Waals surface area contributed by atoms with Crippen molar-refractivity contribution < 1.29 is 22.8 Å². The van der Waals surface area contributed by atoms with Gasteiger partial charge in [-0.15, -0.1) is 0 Å². The molecule has 0 unspecified atom stereocenters. The molecular weight excluding hydrogens is 383 g/mol. The second kappa shape index (κ2) is 7.35. The third kappa shape index (κ3) is 3.74. The highest BCUT2D eigenvalue weighted by Gasteiger charge is 2.37. The first kappa shape index (κ1) is 19.2. The highest BCUT2D eigenvalue weighted by Crippen LogP contribution is 2.38. The Morgan fingerprint density at radius 2 is 1.86 bits per heavy atom. The topological polar surface area (TPSA) is 61.8 Å². The van der Waals surface area contributed by atoms with Gasteiger partial charge in [-0.3, -0.25) is 14.6 Å². The van der Waals surface area contributed by atoms with E-state index in [1.807, 2.05) is 0 Å². The van der Waals surface area contributed by atoms with Crippen LogP contribution in [0.5, 0.6) is 0 Å². The number of hydrogen-bond acceptors (Lipinski definition) is 3.